The third-order valence-corrected chi connectivity index (χ3v) is 3.89. The van der Waals surface area contributed by atoms with E-state index in [2.05, 4.69) is 17.6 Å². The van der Waals surface area contributed by atoms with Crippen LogP contribution in [-0.2, 0) is 4.79 Å². The standard InChI is InChI=1S/C12H22N2O2/c1-8-4-5-13-11(8)12(16)14-7-9-2-3-10(15)6-9/h8-11,13,15H,2-7H2,1H3,(H,14,16). The molecule has 4 nitrogen and oxygen atoms in total. The molecule has 16 heavy (non-hydrogen) atoms. The summed E-state index contributed by atoms with van der Waals surface area (Å²) in [7, 11) is 0. The zero-order valence-corrected chi connectivity index (χ0v) is 9.91. The minimum Gasteiger partial charge on any atom is -0.393 e. The van der Waals surface area contributed by atoms with E-state index in [1.807, 2.05) is 0 Å². The number of aliphatic hydroxyl groups is 1. The average molecular weight is 226 g/mol. The van der Waals surface area contributed by atoms with Crippen molar-refractivity contribution in [2.24, 2.45) is 11.8 Å². The average Bonchev–Trinajstić information content (AvgIpc) is 2.84. The molecule has 4 unspecified atom stereocenters. The lowest BCUT2D eigenvalue weighted by atomic mass is 10.0. The Labute approximate surface area is 96.8 Å². The van der Waals surface area contributed by atoms with Crippen LogP contribution in [0, 0.1) is 11.8 Å². The fourth-order valence-corrected chi connectivity index (χ4v) is 2.77. The molecule has 0 radical (unpaired) electrons. The molecule has 1 saturated carbocycles. The summed E-state index contributed by atoms with van der Waals surface area (Å²) in [5, 5.41) is 15.6. The van der Waals surface area contributed by atoms with Gasteiger partial charge in [0.1, 0.15) is 0 Å². The first-order valence-corrected chi connectivity index (χ1v) is 6.36. The highest BCUT2D eigenvalue weighted by Gasteiger charge is 2.30. The molecule has 2 aliphatic rings. The van der Waals surface area contributed by atoms with Crippen LogP contribution in [0.15, 0.2) is 0 Å². The van der Waals surface area contributed by atoms with E-state index in [4.69, 9.17) is 0 Å². The summed E-state index contributed by atoms with van der Waals surface area (Å²) in [5.74, 6) is 1.04. The molecule has 1 aliphatic heterocycles. The lowest BCUT2D eigenvalue weighted by Gasteiger charge is -2.17. The molecule has 0 bridgehead atoms. The Hall–Kier alpha value is -0.610. The molecule has 0 aromatic rings. The molecule has 1 heterocycles. The van der Waals surface area contributed by atoms with Crippen LogP contribution in [0.2, 0.25) is 0 Å². The Morgan fingerprint density at radius 3 is 2.81 bits per heavy atom. The Morgan fingerprint density at radius 1 is 1.44 bits per heavy atom. The summed E-state index contributed by atoms with van der Waals surface area (Å²) < 4.78 is 0. The summed E-state index contributed by atoms with van der Waals surface area (Å²) in [5.41, 5.74) is 0. The maximum Gasteiger partial charge on any atom is 0.237 e. The van der Waals surface area contributed by atoms with Gasteiger partial charge < -0.3 is 15.7 Å². The van der Waals surface area contributed by atoms with Crippen molar-refractivity contribution in [2.45, 2.75) is 44.8 Å². The minimum absolute atomic E-state index is 0.00803. The van der Waals surface area contributed by atoms with E-state index in [0.717, 1.165) is 38.8 Å². The number of hydrogen-bond acceptors (Lipinski definition) is 3. The molecule has 1 saturated heterocycles. The normalized spacial score (nSPS) is 38.9. The fourth-order valence-electron chi connectivity index (χ4n) is 2.77. The van der Waals surface area contributed by atoms with Crippen molar-refractivity contribution in [1.29, 1.82) is 0 Å². The Balaban J connectivity index is 1.71. The lowest BCUT2D eigenvalue weighted by molar-refractivity contribution is -0.123. The van der Waals surface area contributed by atoms with Crippen LogP contribution in [0.3, 0.4) is 0 Å². The second-order valence-corrected chi connectivity index (χ2v) is 5.28. The molecule has 0 aromatic heterocycles. The van der Waals surface area contributed by atoms with E-state index in [0.29, 0.717) is 11.8 Å². The van der Waals surface area contributed by atoms with Crippen molar-refractivity contribution in [3.05, 3.63) is 0 Å². The molecule has 0 spiro atoms. The van der Waals surface area contributed by atoms with Crippen LogP contribution in [0.1, 0.15) is 32.6 Å². The van der Waals surface area contributed by atoms with Crippen LogP contribution in [0.25, 0.3) is 0 Å². The van der Waals surface area contributed by atoms with Gasteiger partial charge in [-0.15, -0.1) is 0 Å². The Kier molecular flexibility index (Phi) is 3.82. The van der Waals surface area contributed by atoms with Gasteiger partial charge in [-0.3, -0.25) is 4.79 Å². The SMILES string of the molecule is CC1CCNC1C(=O)NCC1CCC(O)C1. The topological polar surface area (TPSA) is 61.4 Å². The monoisotopic (exact) mass is 226 g/mol. The van der Waals surface area contributed by atoms with E-state index in [-0.39, 0.29) is 18.1 Å². The lowest BCUT2D eigenvalue weighted by Crippen LogP contribution is -2.44. The van der Waals surface area contributed by atoms with Gasteiger partial charge in [0.25, 0.3) is 0 Å². The molecule has 2 fully saturated rings. The largest absolute Gasteiger partial charge is 0.393 e. The number of carbonyl (C=O) groups excluding carboxylic acids is 1. The van der Waals surface area contributed by atoms with Gasteiger partial charge in [-0.2, -0.15) is 0 Å². The second-order valence-electron chi connectivity index (χ2n) is 5.28. The molecule has 4 heteroatoms. The molecule has 92 valence electrons. The number of amides is 1. The Bertz CT molecular complexity index is 257. The summed E-state index contributed by atoms with van der Waals surface area (Å²) in [6.45, 7) is 3.78. The Morgan fingerprint density at radius 2 is 2.25 bits per heavy atom. The molecule has 1 aliphatic carbocycles. The maximum atomic E-state index is 11.9. The quantitative estimate of drug-likeness (QED) is 0.647. The van der Waals surface area contributed by atoms with Gasteiger partial charge >= 0.3 is 0 Å². The van der Waals surface area contributed by atoms with E-state index in [9.17, 15) is 9.90 Å². The molecular formula is C12H22N2O2. The summed E-state index contributed by atoms with van der Waals surface area (Å²) in [4.78, 5) is 11.9. The van der Waals surface area contributed by atoms with Crippen LogP contribution in [0.4, 0.5) is 0 Å². The van der Waals surface area contributed by atoms with E-state index in [1.54, 1.807) is 0 Å². The van der Waals surface area contributed by atoms with Crippen molar-refractivity contribution >= 4 is 5.91 Å². The van der Waals surface area contributed by atoms with E-state index in [1.165, 1.54) is 0 Å². The molecule has 2 rings (SSSR count). The van der Waals surface area contributed by atoms with Crippen LogP contribution < -0.4 is 10.6 Å². The number of aliphatic hydroxyl groups excluding tert-OH is 1. The van der Waals surface area contributed by atoms with Gasteiger partial charge in [0, 0.05) is 6.54 Å². The van der Waals surface area contributed by atoms with Gasteiger partial charge in [-0.05, 0) is 44.1 Å². The van der Waals surface area contributed by atoms with Crippen molar-refractivity contribution in [1.82, 2.24) is 10.6 Å². The zero-order valence-electron chi connectivity index (χ0n) is 9.91. The molecule has 3 N–H and O–H groups in total. The number of nitrogens with one attached hydrogen (secondary N) is 2. The van der Waals surface area contributed by atoms with Gasteiger partial charge in [-0.1, -0.05) is 6.92 Å². The van der Waals surface area contributed by atoms with Gasteiger partial charge in [0.2, 0.25) is 5.91 Å². The predicted octanol–water partition coefficient (Wildman–Crippen LogP) is 0.262. The summed E-state index contributed by atoms with van der Waals surface area (Å²) in [6, 6.07) is -0.00803. The zero-order chi connectivity index (χ0) is 11.5. The number of hydrogen-bond donors (Lipinski definition) is 3. The van der Waals surface area contributed by atoms with Crippen molar-refractivity contribution in [3.8, 4) is 0 Å². The number of carbonyl (C=O) groups is 1. The predicted molar refractivity (Wildman–Crippen MR) is 61.9 cm³/mol. The highest BCUT2D eigenvalue weighted by Crippen LogP contribution is 2.24. The summed E-state index contributed by atoms with van der Waals surface area (Å²) in [6.07, 6.45) is 3.70. The van der Waals surface area contributed by atoms with Crippen molar-refractivity contribution in [3.63, 3.8) is 0 Å². The van der Waals surface area contributed by atoms with Crippen LogP contribution in [0.5, 0.6) is 0 Å². The first-order valence-electron chi connectivity index (χ1n) is 6.36. The van der Waals surface area contributed by atoms with Crippen LogP contribution >= 0.6 is 0 Å². The fraction of sp³-hybridized carbons (Fsp3) is 0.917. The maximum absolute atomic E-state index is 11.9. The minimum atomic E-state index is -0.148. The molecular weight excluding hydrogens is 204 g/mol. The van der Waals surface area contributed by atoms with E-state index < -0.39 is 0 Å². The summed E-state index contributed by atoms with van der Waals surface area (Å²) >= 11 is 0. The molecule has 0 aromatic carbocycles. The van der Waals surface area contributed by atoms with Crippen LogP contribution in [-0.4, -0.2) is 36.2 Å². The highest BCUT2D eigenvalue weighted by molar-refractivity contribution is 5.82. The van der Waals surface area contributed by atoms with Gasteiger partial charge in [0.05, 0.1) is 12.1 Å². The highest BCUT2D eigenvalue weighted by atomic mass is 16.3. The second kappa shape index (κ2) is 5.15. The van der Waals surface area contributed by atoms with E-state index >= 15 is 0 Å². The van der Waals surface area contributed by atoms with Crippen molar-refractivity contribution < 1.29 is 9.90 Å². The van der Waals surface area contributed by atoms with Gasteiger partial charge in [-0.25, -0.2) is 0 Å². The first kappa shape index (κ1) is 11.9. The third kappa shape index (κ3) is 2.74. The first-order chi connectivity index (χ1) is 7.66. The smallest absolute Gasteiger partial charge is 0.237 e. The third-order valence-electron chi connectivity index (χ3n) is 3.89. The van der Waals surface area contributed by atoms with Crippen molar-refractivity contribution in [2.75, 3.05) is 13.1 Å². The molecule has 1 amide bonds. The number of rotatable bonds is 3. The van der Waals surface area contributed by atoms with Gasteiger partial charge in [0.15, 0.2) is 0 Å². The molecule has 4 atom stereocenters.